The van der Waals surface area contributed by atoms with Gasteiger partial charge in [0.05, 0.1) is 23.2 Å². The molecule has 1 unspecified atom stereocenters. The molecule has 0 saturated heterocycles. The van der Waals surface area contributed by atoms with Crippen molar-refractivity contribution >= 4 is 40.9 Å². The molecule has 0 saturated carbocycles. The van der Waals surface area contributed by atoms with Crippen LogP contribution in [0, 0.1) is 0 Å². The second-order valence-corrected chi connectivity index (χ2v) is 8.17. The number of rotatable bonds is 6. The van der Waals surface area contributed by atoms with Crippen LogP contribution in [-0.2, 0) is 16.1 Å². The number of thioether (sulfide) groups is 1. The van der Waals surface area contributed by atoms with Crippen molar-refractivity contribution in [2.75, 3.05) is 10.6 Å². The van der Waals surface area contributed by atoms with E-state index < -0.39 is 5.25 Å². The molecule has 0 bridgehead atoms. The average Bonchev–Trinajstić information content (AvgIpc) is 2.79. The van der Waals surface area contributed by atoms with Gasteiger partial charge in [-0.3, -0.25) is 19.4 Å². The summed E-state index contributed by atoms with van der Waals surface area (Å²) in [7, 11) is 0. The molecule has 2 aromatic carbocycles. The van der Waals surface area contributed by atoms with Crippen LogP contribution >= 0.6 is 11.8 Å². The maximum Gasteiger partial charge on any atom is 0.251 e. The van der Waals surface area contributed by atoms with Gasteiger partial charge in [0.25, 0.3) is 5.91 Å². The minimum Gasteiger partial charge on any atom is -0.346 e. The summed E-state index contributed by atoms with van der Waals surface area (Å²) in [6.07, 6.45) is 1.70. The largest absolute Gasteiger partial charge is 0.346 e. The summed E-state index contributed by atoms with van der Waals surface area (Å²) in [6, 6.07) is 19.7. The molecule has 4 rings (SSSR count). The van der Waals surface area contributed by atoms with E-state index in [1.165, 1.54) is 11.8 Å². The summed E-state index contributed by atoms with van der Waals surface area (Å²) < 4.78 is 0. The number of hydrogen-bond acceptors (Lipinski definition) is 5. The molecule has 156 valence electrons. The lowest BCUT2D eigenvalue weighted by Gasteiger charge is -2.23. The van der Waals surface area contributed by atoms with Crippen molar-refractivity contribution in [1.82, 2.24) is 10.3 Å². The van der Waals surface area contributed by atoms with Gasteiger partial charge in [0.1, 0.15) is 0 Å². The SMILES string of the molecule is O=C(CC1Sc2ccccc2NC1=O)Nc1cccc(C(=O)NCc2ccccn2)c1. The fourth-order valence-corrected chi connectivity index (χ4v) is 4.23. The van der Waals surface area contributed by atoms with Gasteiger partial charge in [0.2, 0.25) is 11.8 Å². The molecule has 0 aliphatic carbocycles. The minimum absolute atomic E-state index is 0.0287. The number of anilines is 2. The molecule has 8 heteroatoms. The highest BCUT2D eigenvalue weighted by atomic mass is 32.2. The number of benzene rings is 2. The van der Waals surface area contributed by atoms with Crippen molar-refractivity contribution in [2.24, 2.45) is 0 Å². The zero-order valence-corrected chi connectivity index (χ0v) is 17.3. The zero-order valence-electron chi connectivity index (χ0n) is 16.5. The number of fused-ring (bicyclic) bond motifs is 1. The van der Waals surface area contributed by atoms with E-state index in [1.54, 1.807) is 30.5 Å². The lowest BCUT2D eigenvalue weighted by molar-refractivity contribution is -0.120. The first kappa shape index (κ1) is 20.6. The molecule has 1 aliphatic heterocycles. The fourth-order valence-electron chi connectivity index (χ4n) is 3.12. The molecule has 0 radical (unpaired) electrons. The fraction of sp³-hybridized carbons (Fsp3) is 0.130. The van der Waals surface area contributed by atoms with Crippen molar-refractivity contribution in [3.05, 3.63) is 84.2 Å². The number of para-hydroxylation sites is 1. The zero-order chi connectivity index (χ0) is 21.6. The summed E-state index contributed by atoms with van der Waals surface area (Å²) in [5.74, 6) is -0.750. The molecular weight excluding hydrogens is 412 g/mol. The van der Waals surface area contributed by atoms with Crippen LogP contribution in [0.1, 0.15) is 22.5 Å². The first-order valence-corrected chi connectivity index (χ1v) is 10.6. The lowest BCUT2D eigenvalue weighted by atomic mass is 10.1. The summed E-state index contributed by atoms with van der Waals surface area (Å²) in [5, 5.41) is 7.90. The van der Waals surface area contributed by atoms with Crippen molar-refractivity contribution in [2.45, 2.75) is 23.1 Å². The summed E-state index contributed by atoms with van der Waals surface area (Å²) in [5.41, 5.74) is 2.44. The van der Waals surface area contributed by atoms with E-state index in [9.17, 15) is 14.4 Å². The topological polar surface area (TPSA) is 100 Å². The molecule has 0 fully saturated rings. The van der Waals surface area contributed by atoms with Gasteiger partial charge in [-0.05, 0) is 42.5 Å². The van der Waals surface area contributed by atoms with Crippen molar-refractivity contribution in [1.29, 1.82) is 0 Å². The van der Waals surface area contributed by atoms with Crippen molar-refractivity contribution in [3.8, 4) is 0 Å². The van der Waals surface area contributed by atoms with Gasteiger partial charge in [0.15, 0.2) is 0 Å². The Labute approximate surface area is 183 Å². The number of carbonyl (C=O) groups is 3. The summed E-state index contributed by atoms with van der Waals surface area (Å²) in [4.78, 5) is 42.4. The highest BCUT2D eigenvalue weighted by molar-refractivity contribution is 8.01. The Kier molecular flexibility index (Phi) is 6.28. The third-order valence-corrected chi connectivity index (χ3v) is 5.92. The van der Waals surface area contributed by atoms with Gasteiger partial charge in [-0.2, -0.15) is 0 Å². The highest BCUT2D eigenvalue weighted by Gasteiger charge is 2.28. The molecule has 7 nitrogen and oxygen atoms in total. The van der Waals surface area contributed by atoms with Gasteiger partial charge in [-0.15, -0.1) is 11.8 Å². The van der Waals surface area contributed by atoms with Crippen LogP contribution in [0.15, 0.2) is 77.8 Å². The second kappa shape index (κ2) is 9.44. The Morgan fingerprint density at radius 3 is 2.71 bits per heavy atom. The predicted octanol–water partition coefficient (Wildman–Crippen LogP) is 3.45. The van der Waals surface area contributed by atoms with Gasteiger partial charge < -0.3 is 16.0 Å². The lowest BCUT2D eigenvalue weighted by Crippen LogP contribution is -2.32. The number of nitrogens with one attached hydrogen (secondary N) is 3. The standard InChI is InChI=1S/C23H20N4O3S/c28-21(13-20-23(30)27-18-9-1-2-10-19(18)31-20)26-16-8-5-6-15(12-16)22(29)25-14-17-7-3-4-11-24-17/h1-12,20H,13-14H2,(H,25,29)(H,26,28)(H,27,30). The number of carbonyl (C=O) groups excluding carboxylic acids is 3. The van der Waals surface area contributed by atoms with E-state index in [4.69, 9.17) is 0 Å². The third-order valence-electron chi connectivity index (χ3n) is 4.64. The molecule has 3 aromatic rings. The van der Waals surface area contributed by atoms with Crippen LogP contribution in [-0.4, -0.2) is 28.0 Å². The van der Waals surface area contributed by atoms with Crippen LogP contribution < -0.4 is 16.0 Å². The summed E-state index contributed by atoms with van der Waals surface area (Å²) >= 11 is 1.37. The Hall–Kier alpha value is -3.65. The summed E-state index contributed by atoms with van der Waals surface area (Å²) in [6.45, 7) is 0.311. The van der Waals surface area contributed by atoms with Crippen LogP contribution in [0.2, 0.25) is 0 Å². The van der Waals surface area contributed by atoms with Crippen LogP contribution in [0.3, 0.4) is 0 Å². The van der Waals surface area contributed by atoms with Crippen molar-refractivity contribution in [3.63, 3.8) is 0 Å². The van der Waals surface area contributed by atoms with Gasteiger partial charge in [-0.1, -0.05) is 24.3 Å². The highest BCUT2D eigenvalue weighted by Crippen LogP contribution is 2.36. The Morgan fingerprint density at radius 1 is 1.03 bits per heavy atom. The molecule has 2 heterocycles. The molecule has 31 heavy (non-hydrogen) atoms. The van der Waals surface area contributed by atoms with E-state index in [1.807, 2.05) is 42.5 Å². The van der Waals surface area contributed by atoms with E-state index in [0.29, 0.717) is 17.8 Å². The van der Waals surface area contributed by atoms with Gasteiger partial charge in [-0.25, -0.2) is 0 Å². The van der Waals surface area contributed by atoms with Crippen LogP contribution in [0.25, 0.3) is 0 Å². The maximum atomic E-state index is 12.5. The first-order valence-electron chi connectivity index (χ1n) is 9.73. The predicted molar refractivity (Wildman–Crippen MR) is 120 cm³/mol. The number of nitrogens with zero attached hydrogens (tertiary/aromatic N) is 1. The van der Waals surface area contributed by atoms with Crippen LogP contribution in [0.4, 0.5) is 11.4 Å². The molecule has 0 spiro atoms. The Balaban J connectivity index is 1.34. The molecule has 3 amide bonds. The quantitative estimate of drug-likeness (QED) is 0.554. The first-order chi connectivity index (χ1) is 15.1. The smallest absolute Gasteiger partial charge is 0.251 e. The Morgan fingerprint density at radius 2 is 1.87 bits per heavy atom. The molecular formula is C23H20N4O3S. The second-order valence-electron chi connectivity index (χ2n) is 6.93. The number of hydrogen-bond donors (Lipinski definition) is 3. The molecule has 1 aliphatic rings. The monoisotopic (exact) mass is 432 g/mol. The van der Waals surface area contributed by atoms with Gasteiger partial charge in [0, 0.05) is 28.8 Å². The maximum absolute atomic E-state index is 12.5. The Bertz CT molecular complexity index is 1120. The van der Waals surface area contributed by atoms with Crippen molar-refractivity contribution < 1.29 is 14.4 Å². The van der Waals surface area contributed by atoms with E-state index in [2.05, 4.69) is 20.9 Å². The minimum atomic E-state index is -0.514. The molecule has 1 atom stereocenters. The average molecular weight is 433 g/mol. The number of amides is 3. The number of pyridine rings is 1. The number of aromatic nitrogens is 1. The third kappa shape index (κ3) is 5.29. The van der Waals surface area contributed by atoms with Gasteiger partial charge >= 0.3 is 0 Å². The molecule has 1 aromatic heterocycles. The molecule has 3 N–H and O–H groups in total. The normalized spacial score (nSPS) is 14.8. The van der Waals surface area contributed by atoms with E-state index in [0.717, 1.165) is 16.3 Å². The van der Waals surface area contributed by atoms with E-state index >= 15 is 0 Å². The van der Waals surface area contributed by atoms with Crippen LogP contribution in [0.5, 0.6) is 0 Å². The van der Waals surface area contributed by atoms with E-state index in [-0.39, 0.29) is 24.1 Å².